The maximum Gasteiger partial charge on any atom is 0.411 e. The van der Waals surface area contributed by atoms with Gasteiger partial charge in [0, 0.05) is 11.6 Å². The van der Waals surface area contributed by atoms with Crippen molar-refractivity contribution in [2.24, 2.45) is 5.92 Å². The van der Waals surface area contributed by atoms with Gasteiger partial charge in [-0.15, -0.1) is 5.54 Å². The number of fused-ring (bicyclic) bond motifs is 2. The highest BCUT2D eigenvalue weighted by Crippen LogP contribution is 2.53. The lowest BCUT2D eigenvalue weighted by Gasteiger charge is -2.29. The fraction of sp³-hybridized carbons (Fsp3) is 0.545. The molecule has 2 heterocycles. The highest BCUT2D eigenvalue weighted by Gasteiger charge is 2.56. The molecule has 1 N–H and O–H groups in total. The van der Waals surface area contributed by atoms with Crippen LogP contribution in [0.15, 0.2) is 18.2 Å². The van der Waals surface area contributed by atoms with Gasteiger partial charge in [-0.2, -0.15) is 0 Å². The molecule has 1 saturated heterocycles. The summed E-state index contributed by atoms with van der Waals surface area (Å²) in [5.74, 6) is 4.72. The number of carbonyl (C=O) groups excluding carboxylic acids is 1. The molecule has 1 amide bonds. The molecule has 6 heteroatoms. The number of hydrogen-bond donors (Lipinski definition) is 1. The fourth-order valence-electron chi connectivity index (χ4n) is 3.80. The van der Waals surface area contributed by atoms with E-state index >= 15 is 0 Å². The van der Waals surface area contributed by atoms with Gasteiger partial charge in [0.05, 0.1) is 17.1 Å². The largest absolute Gasteiger partial charge is 0.444 e. The molecule has 0 radical (unpaired) electrons. The van der Waals surface area contributed by atoms with E-state index in [1.165, 1.54) is 0 Å². The number of aromatic nitrogens is 2. The molecule has 2 fully saturated rings. The standard InChI is InChI=1S/C22H29N3O2Si/c1-22(2,3)27-21(26)25-18-12-15(18)13-19(25)20-23-16-8-7-14(11-17(16)24-20)9-10-28(4,5)6/h7-8,11,15,18-19H,12-13H2,1-6H3,(H,23,24)/t15-,18?,19+/m1/s1. The van der Waals surface area contributed by atoms with Crippen LogP contribution in [0, 0.1) is 17.4 Å². The van der Waals surface area contributed by atoms with Crippen molar-refractivity contribution in [3.05, 3.63) is 29.6 Å². The second-order valence-corrected chi connectivity index (χ2v) is 14.8. The molecule has 0 bridgehead atoms. The van der Waals surface area contributed by atoms with Crippen LogP contribution < -0.4 is 0 Å². The first-order valence-electron chi connectivity index (χ1n) is 10.0. The fourth-order valence-corrected chi connectivity index (χ4v) is 4.32. The Balaban J connectivity index is 1.61. The number of aromatic amines is 1. The summed E-state index contributed by atoms with van der Waals surface area (Å²) in [7, 11) is -1.42. The Morgan fingerprint density at radius 1 is 1.29 bits per heavy atom. The third kappa shape index (κ3) is 3.95. The number of ether oxygens (including phenoxy) is 1. The second kappa shape index (κ2) is 6.38. The average molecular weight is 396 g/mol. The van der Waals surface area contributed by atoms with Crippen LogP contribution in [0.4, 0.5) is 4.79 Å². The number of nitrogens with one attached hydrogen (secondary N) is 1. The molecule has 2 aliphatic rings. The lowest BCUT2D eigenvalue weighted by atomic mass is 10.1. The second-order valence-electron chi connectivity index (χ2n) is 10.1. The predicted octanol–water partition coefficient (Wildman–Crippen LogP) is 4.86. The van der Waals surface area contributed by atoms with E-state index in [1.54, 1.807) is 0 Å². The number of imidazole rings is 1. The van der Waals surface area contributed by atoms with Crippen molar-refractivity contribution in [3.8, 4) is 11.5 Å². The van der Waals surface area contributed by atoms with Crippen LogP contribution in [0.25, 0.3) is 11.0 Å². The SMILES string of the molecule is CC(C)(C)OC(=O)N1C2C[C@@H]2C[C@H]1c1nc2cc(C#C[Si](C)(C)C)ccc2[nH]1. The van der Waals surface area contributed by atoms with Gasteiger partial charge in [-0.05, 0) is 57.7 Å². The number of amides is 1. The highest BCUT2D eigenvalue weighted by molar-refractivity contribution is 6.83. The van der Waals surface area contributed by atoms with Crippen LogP contribution in [-0.2, 0) is 4.74 Å². The Bertz CT molecular complexity index is 987. The Hall–Kier alpha value is -2.26. The summed E-state index contributed by atoms with van der Waals surface area (Å²) in [6.45, 7) is 12.4. The minimum Gasteiger partial charge on any atom is -0.444 e. The summed E-state index contributed by atoms with van der Waals surface area (Å²) in [5.41, 5.74) is 5.79. The van der Waals surface area contributed by atoms with Crippen molar-refractivity contribution in [1.82, 2.24) is 14.9 Å². The third-order valence-electron chi connectivity index (χ3n) is 5.11. The van der Waals surface area contributed by atoms with Crippen molar-refractivity contribution in [1.29, 1.82) is 0 Å². The van der Waals surface area contributed by atoms with Gasteiger partial charge in [-0.25, -0.2) is 9.78 Å². The first-order valence-corrected chi connectivity index (χ1v) is 13.5. The van der Waals surface area contributed by atoms with Gasteiger partial charge in [-0.3, -0.25) is 4.90 Å². The first-order chi connectivity index (χ1) is 13.0. The number of rotatable bonds is 1. The summed E-state index contributed by atoms with van der Waals surface area (Å²) >= 11 is 0. The molecular formula is C22H29N3O2Si. The van der Waals surface area contributed by atoms with Gasteiger partial charge in [0.2, 0.25) is 0 Å². The number of nitrogens with zero attached hydrogens (tertiary/aromatic N) is 2. The van der Waals surface area contributed by atoms with Gasteiger partial charge >= 0.3 is 6.09 Å². The van der Waals surface area contributed by atoms with Crippen LogP contribution in [0.1, 0.15) is 51.0 Å². The van der Waals surface area contributed by atoms with E-state index in [0.717, 1.165) is 35.3 Å². The number of benzene rings is 1. The number of H-pyrrole nitrogens is 1. The molecule has 3 atom stereocenters. The Labute approximate surface area is 167 Å². The molecular weight excluding hydrogens is 366 g/mol. The van der Waals surface area contributed by atoms with Crippen molar-refractivity contribution >= 4 is 25.2 Å². The van der Waals surface area contributed by atoms with Gasteiger partial charge < -0.3 is 9.72 Å². The Kier molecular flexibility index (Phi) is 4.35. The van der Waals surface area contributed by atoms with E-state index in [-0.39, 0.29) is 12.1 Å². The zero-order valence-electron chi connectivity index (χ0n) is 17.6. The molecule has 2 aromatic rings. The van der Waals surface area contributed by atoms with Gasteiger partial charge in [0.15, 0.2) is 0 Å². The van der Waals surface area contributed by atoms with Crippen LogP contribution >= 0.6 is 0 Å². The van der Waals surface area contributed by atoms with Crippen LogP contribution in [-0.4, -0.2) is 40.7 Å². The summed E-state index contributed by atoms with van der Waals surface area (Å²) in [5, 5.41) is 0. The molecule has 148 valence electrons. The van der Waals surface area contributed by atoms with Crippen molar-refractivity contribution in [2.45, 2.75) is 70.9 Å². The maximum absolute atomic E-state index is 12.8. The van der Waals surface area contributed by atoms with Crippen LogP contribution in [0.2, 0.25) is 19.6 Å². The molecule has 5 nitrogen and oxygen atoms in total. The summed E-state index contributed by atoms with van der Waals surface area (Å²) in [6, 6.07) is 6.37. The molecule has 0 spiro atoms. The van der Waals surface area contributed by atoms with Gasteiger partial charge in [0.25, 0.3) is 0 Å². The molecule has 1 unspecified atom stereocenters. The van der Waals surface area contributed by atoms with E-state index in [1.807, 2.05) is 43.9 Å². The number of hydrogen-bond acceptors (Lipinski definition) is 3. The molecule has 1 aromatic heterocycles. The monoisotopic (exact) mass is 395 g/mol. The van der Waals surface area contributed by atoms with E-state index < -0.39 is 13.7 Å². The summed E-state index contributed by atoms with van der Waals surface area (Å²) in [6.07, 6.45) is 1.79. The Morgan fingerprint density at radius 2 is 2.04 bits per heavy atom. The normalized spacial score (nSPS) is 23.9. The zero-order chi connectivity index (χ0) is 20.3. The maximum atomic E-state index is 12.8. The molecule has 28 heavy (non-hydrogen) atoms. The smallest absolute Gasteiger partial charge is 0.411 e. The first kappa shape index (κ1) is 19.1. The van der Waals surface area contributed by atoms with E-state index in [9.17, 15) is 4.79 Å². The lowest BCUT2D eigenvalue weighted by Crippen LogP contribution is -2.38. The topological polar surface area (TPSA) is 58.2 Å². The molecule has 1 aliphatic carbocycles. The summed E-state index contributed by atoms with van der Waals surface area (Å²) in [4.78, 5) is 22.9. The lowest BCUT2D eigenvalue weighted by molar-refractivity contribution is 0.0175. The average Bonchev–Trinajstić information content (AvgIpc) is 3.02. The quantitative estimate of drug-likeness (QED) is 0.554. The number of likely N-dealkylation sites (tertiary alicyclic amines) is 1. The molecule has 1 saturated carbocycles. The van der Waals surface area contributed by atoms with Crippen molar-refractivity contribution in [2.75, 3.05) is 0 Å². The van der Waals surface area contributed by atoms with Crippen LogP contribution in [0.5, 0.6) is 0 Å². The van der Waals surface area contributed by atoms with Gasteiger partial charge in [-0.1, -0.05) is 25.6 Å². The third-order valence-corrected chi connectivity index (χ3v) is 5.98. The molecule has 1 aliphatic heterocycles. The van der Waals surface area contributed by atoms with Crippen molar-refractivity contribution in [3.63, 3.8) is 0 Å². The zero-order valence-corrected chi connectivity index (χ0v) is 18.6. The number of piperidine rings is 1. The van der Waals surface area contributed by atoms with Gasteiger partial charge in [0.1, 0.15) is 19.5 Å². The Morgan fingerprint density at radius 3 is 2.71 bits per heavy atom. The minimum atomic E-state index is -1.42. The predicted molar refractivity (Wildman–Crippen MR) is 114 cm³/mol. The molecule has 1 aromatic carbocycles. The number of carbonyl (C=O) groups is 1. The van der Waals surface area contributed by atoms with E-state index in [2.05, 4.69) is 36.1 Å². The summed E-state index contributed by atoms with van der Waals surface area (Å²) < 4.78 is 5.66. The highest BCUT2D eigenvalue weighted by atomic mass is 28.3. The van der Waals surface area contributed by atoms with Crippen molar-refractivity contribution < 1.29 is 9.53 Å². The van der Waals surface area contributed by atoms with Crippen LogP contribution in [0.3, 0.4) is 0 Å². The molecule has 4 rings (SSSR count). The minimum absolute atomic E-state index is 0.0393. The van der Waals surface area contributed by atoms with E-state index in [4.69, 9.17) is 9.72 Å². The van der Waals surface area contributed by atoms with E-state index in [0.29, 0.717) is 12.0 Å².